The summed E-state index contributed by atoms with van der Waals surface area (Å²) in [6.45, 7) is 5.67. The van der Waals surface area contributed by atoms with E-state index in [4.69, 9.17) is 9.26 Å². The quantitative estimate of drug-likeness (QED) is 0.839. The Balaban J connectivity index is 1.23. The Kier molecular flexibility index (Phi) is 4.13. The summed E-state index contributed by atoms with van der Waals surface area (Å²) in [5.74, 6) is 1.97. The summed E-state index contributed by atoms with van der Waals surface area (Å²) in [5.41, 5.74) is 2.04. The fourth-order valence-corrected chi connectivity index (χ4v) is 5.02. The maximum atomic E-state index is 6.05. The fraction of sp³-hybridized carbons (Fsp3) is 0.529. The van der Waals surface area contributed by atoms with Crippen LogP contribution in [0.2, 0.25) is 0 Å². The largest absolute Gasteiger partial charge is 0.371 e. The van der Waals surface area contributed by atoms with Crippen LogP contribution in [0.25, 0.3) is 0 Å². The first kappa shape index (κ1) is 15.2. The van der Waals surface area contributed by atoms with Gasteiger partial charge in [-0.15, -0.1) is 11.8 Å². The first-order valence-corrected chi connectivity index (χ1v) is 8.99. The van der Waals surface area contributed by atoms with Gasteiger partial charge in [-0.05, 0) is 25.5 Å². The molecule has 2 aromatic rings. The summed E-state index contributed by atoms with van der Waals surface area (Å²) in [7, 11) is 0. The molecule has 0 amide bonds. The summed E-state index contributed by atoms with van der Waals surface area (Å²) < 4.78 is 11.6. The van der Waals surface area contributed by atoms with Crippen molar-refractivity contribution in [3.8, 4) is 0 Å². The van der Waals surface area contributed by atoms with Crippen molar-refractivity contribution in [2.75, 3.05) is 18.8 Å². The van der Waals surface area contributed by atoms with Crippen LogP contribution in [0.4, 0.5) is 0 Å². The van der Waals surface area contributed by atoms with E-state index in [9.17, 15) is 0 Å². The number of likely N-dealkylation sites (tertiary alicyclic amines) is 1. The smallest absolute Gasteiger partial charge is 0.133 e. The Labute approximate surface area is 140 Å². The molecule has 4 rings (SSSR count). The monoisotopic (exact) mass is 331 g/mol. The molecule has 0 saturated carbocycles. The number of nitrogens with zero attached hydrogens (tertiary/aromatic N) is 3. The van der Waals surface area contributed by atoms with E-state index in [1.807, 2.05) is 37.4 Å². The van der Waals surface area contributed by atoms with Gasteiger partial charge in [-0.3, -0.25) is 9.88 Å². The maximum Gasteiger partial charge on any atom is 0.133 e. The zero-order valence-electron chi connectivity index (χ0n) is 13.3. The minimum Gasteiger partial charge on any atom is -0.371 e. The molecular weight excluding hydrogens is 310 g/mol. The number of rotatable bonds is 5. The van der Waals surface area contributed by atoms with E-state index >= 15 is 0 Å². The van der Waals surface area contributed by atoms with Gasteiger partial charge in [0.15, 0.2) is 0 Å². The van der Waals surface area contributed by atoms with Crippen molar-refractivity contribution in [3.63, 3.8) is 0 Å². The summed E-state index contributed by atoms with van der Waals surface area (Å²) in [6.07, 6.45) is 3.30. The van der Waals surface area contributed by atoms with Gasteiger partial charge < -0.3 is 9.26 Å². The number of thioether (sulfide) groups is 1. The minimum atomic E-state index is 0.346. The van der Waals surface area contributed by atoms with Crippen LogP contribution in [0.5, 0.6) is 0 Å². The van der Waals surface area contributed by atoms with Crippen LogP contribution in [-0.4, -0.2) is 44.7 Å². The van der Waals surface area contributed by atoms with Crippen molar-refractivity contribution in [3.05, 3.63) is 47.6 Å². The number of ether oxygens (including phenoxy) is 1. The zero-order valence-corrected chi connectivity index (χ0v) is 14.1. The molecule has 0 unspecified atom stereocenters. The molecule has 2 saturated heterocycles. The van der Waals surface area contributed by atoms with Gasteiger partial charge in [0.2, 0.25) is 0 Å². The Bertz CT molecular complexity index is 655. The third-order valence-corrected chi connectivity index (χ3v) is 6.03. The number of aromatic nitrogens is 2. The lowest BCUT2D eigenvalue weighted by Gasteiger charge is -2.47. The Morgan fingerprint density at radius 1 is 1.39 bits per heavy atom. The highest BCUT2D eigenvalue weighted by Gasteiger charge is 2.49. The van der Waals surface area contributed by atoms with Gasteiger partial charge in [0, 0.05) is 42.4 Å². The summed E-state index contributed by atoms with van der Waals surface area (Å²) >= 11 is 2.06. The fourth-order valence-electron chi connectivity index (χ4n) is 3.42. The predicted octanol–water partition coefficient (Wildman–Crippen LogP) is 2.65. The van der Waals surface area contributed by atoms with Crippen LogP contribution in [0.15, 0.2) is 35.0 Å². The second-order valence-electron chi connectivity index (χ2n) is 6.53. The second-order valence-corrected chi connectivity index (χ2v) is 8.01. The number of hydrogen-bond donors (Lipinski definition) is 0. The summed E-state index contributed by atoms with van der Waals surface area (Å²) in [6, 6.07) is 7.98. The molecule has 6 heteroatoms. The van der Waals surface area contributed by atoms with Gasteiger partial charge in [-0.2, -0.15) is 0 Å². The van der Waals surface area contributed by atoms with Crippen molar-refractivity contribution in [2.24, 2.45) is 0 Å². The van der Waals surface area contributed by atoms with Crippen LogP contribution in [0, 0.1) is 6.92 Å². The average Bonchev–Trinajstić information content (AvgIpc) is 3.13. The average molecular weight is 331 g/mol. The van der Waals surface area contributed by atoms with Crippen LogP contribution in [0.3, 0.4) is 0 Å². The predicted molar refractivity (Wildman–Crippen MR) is 89.1 cm³/mol. The van der Waals surface area contributed by atoms with Crippen molar-refractivity contribution >= 4 is 11.8 Å². The van der Waals surface area contributed by atoms with Crippen LogP contribution in [0.1, 0.15) is 23.6 Å². The van der Waals surface area contributed by atoms with Gasteiger partial charge in [0.05, 0.1) is 24.1 Å². The second kappa shape index (κ2) is 6.26. The third-order valence-electron chi connectivity index (χ3n) is 4.45. The molecule has 4 heterocycles. The summed E-state index contributed by atoms with van der Waals surface area (Å²) in [5, 5.41) is 4.08. The van der Waals surface area contributed by atoms with E-state index in [1.165, 1.54) is 0 Å². The molecule has 5 nitrogen and oxygen atoms in total. The summed E-state index contributed by atoms with van der Waals surface area (Å²) in [4.78, 5) is 6.75. The van der Waals surface area contributed by atoms with E-state index in [2.05, 4.69) is 26.8 Å². The lowest BCUT2D eigenvalue weighted by molar-refractivity contribution is 0.0246. The lowest BCUT2D eigenvalue weighted by atomic mass is 9.93. The van der Waals surface area contributed by atoms with E-state index in [-0.39, 0.29) is 0 Å². The highest BCUT2D eigenvalue weighted by Crippen LogP contribution is 2.46. The van der Waals surface area contributed by atoms with Gasteiger partial charge in [-0.25, -0.2) is 0 Å². The van der Waals surface area contributed by atoms with E-state index in [0.717, 1.165) is 49.0 Å². The van der Waals surface area contributed by atoms with Crippen molar-refractivity contribution in [2.45, 2.75) is 37.3 Å². The van der Waals surface area contributed by atoms with E-state index in [1.54, 1.807) is 0 Å². The van der Waals surface area contributed by atoms with Gasteiger partial charge in [0.1, 0.15) is 5.76 Å². The highest BCUT2D eigenvalue weighted by molar-refractivity contribution is 8.01. The Hall–Kier alpha value is -1.37. The van der Waals surface area contributed by atoms with Gasteiger partial charge >= 0.3 is 0 Å². The molecule has 23 heavy (non-hydrogen) atoms. The molecule has 0 aliphatic carbocycles. The molecule has 0 aromatic carbocycles. The topological polar surface area (TPSA) is 51.4 Å². The molecule has 0 bridgehead atoms. The highest BCUT2D eigenvalue weighted by atomic mass is 32.2. The molecule has 2 aliphatic rings. The lowest BCUT2D eigenvalue weighted by Crippen LogP contribution is -2.58. The normalized spacial score (nSPS) is 23.3. The van der Waals surface area contributed by atoms with Gasteiger partial charge in [-0.1, -0.05) is 11.2 Å². The van der Waals surface area contributed by atoms with Crippen LogP contribution >= 0.6 is 11.8 Å². The molecule has 2 fully saturated rings. The van der Waals surface area contributed by atoms with Crippen molar-refractivity contribution in [1.29, 1.82) is 0 Å². The van der Waals surface area contributed by atoms with Crippen molar-refractivity contribution in [1.82, 2.24) is 15.0 Å². The molecule has 1 spiro atoms. The Morgan fingerprint density at radius 2 is 2.30 bits per heavy atom. The SMILES string of the molecule is Cc1cc(CN2CC3(C[C@@H](OCc4ccccn4)CS3)C2)no1. The van der Waals surface area contributed by atoms with E-state index < -0.39 is 0 Å². The van der Waals surface area contributed by atoms with Crippen LogP contribution < -0.4 is 0 Å². The first-order chi connectivity index (χ1) is 11.2. The molecule has 2 aromatic heterocycles. The first-order valence-electron chi connectivity index (χ1n) is 8.01. The number of aryl methyl sites for hydroxylation is 1. The third kappa shape index (κ3) is 3.44. The minimum absolute atomic E-state index is 0.346. The molecule has 122 valence electrons. The van der Waals surface area contributed by atoms with Gasteiger partial charge in [0.25, 0.3) is 0 Å². The molecular formula is C17H21N3O2S. The molecule has 0 radical (unpaired) electrons. The van der Waals surface area contributed by atoms with E-state index in [0.29, 0.717) is 17.5 Å². The maximum absolute atomic E-state index is 6.05. The standard InChI is InChI=1S/C17H21N3O2S/c1-13-6-15(19-22-13)8-20-11-17(12-20)7-16(10-23-17)21-9-14-4-2-3-5-18-14/h2-6,16H,7-12H2,1H3/t16-/m1/s1. The molecule has 2 aliphatic heterocycles. The molecule has 1 atom stereocenters. The van der Waals surface area contributed by atoms with Crippen LogP contribution in [-0.2, 0) is 17.9 Å². The zero-order chi connectivity index (χ0) is 15.7. The van der Waals surface area contributed by atoms with Crippen molar-refractivity contribution < 1.29 is 9.26 Å². The Morgan fingerprint density at radius 3 is 3.04 bits per heavy atom. The molecule has 0 N–H and O–H groups in total. The number of hydrogen-bond acceptors (Lipinski definition) is 6. The number of pyridine rings is 1.